The number of nitrogens with zero attached hydrogens (tertiary/aromatic N) is 3. The average molecular weight is 198 g/mol. The van der Waals surface area contributed by atoms with E-state index in [2.05, 4.69) is 29.1 Å². The number of aryl methyl sites for hydroxylation is 1. The molecule has 4 heteroatoms. The van der Waals surface area contributed by atoms with Crippen LogP contribution in [0.25, 0.3) is 0 Å². The number of hydrogen-bond donors (Lipinski definition) is 0. The zero-order chi connectivity index (χ0) is 9.52. The topological polar surface area (TPSA) is 30.7 Å². The molecule has 13 heavy (non-hydrogen) atoms. The first-order chi connectivity index (χ1) is 6.38. The van der Waals surface area contributed by atoms with E-state index in [9.17, 15) is 0 Å². The summed E-state index contributed by atoms with van der Waals surface area (Å²) in [5, 5.41) is 7.71. The molecule has 1 aromatic heterocycles. The average Bonchev–Trinajstić information content (AvgIpc) is 2.54. The van der Waals surface area contributed by atoms with Gasteiger partial charge in [0.05, 0.1) is 6.20 Å². The van der Waals surface area contributed by atoms with Crippen molar-refractivity contribution in [1.82, 2.24) is 15.0 Å². The Morgan fingerprint density at radius 3 is 3.15 bits per heavy atom. The number of halogens is 1. The Hall–Kier alpha value is -1.01. The van der Waals surface area contributed by atoms with Gasteiger partial charge < -0.3 is 0 Å². The Morgan fingerprint density at radius 2 is 2.46 bits per heavy atom. The van der Waals surface area contributed by atoms with E-state index in [1.54, 1.807) is 10.9 Å². The molecule has 0 aliphatic carbocycles. The second-order valence-electron chi connectivity index (χ2n) is 2.58. The lowest BCUT2D eigenvalue weighted by molar-refractivity contribution is 0.574. The van der Waals surface area contributed by atoms with Crippen LogP contribution in [0.3, 0.4) is 0 Å². The quantitative estimate of drug-likeness (QED) is 0.545. The maximum Gasteiger partial charge on any atom is 0.131 e. The molecule has 0 aliphatic rings. The third-order valence-electron chi connectivity index (χ3n) is 1.49. The van der Waals surface area contributed by atoms with E-state index in [-0.39, 0.29) is 0 Å². The Labute approximate surface area is 83.1 Å². The van der Waals surface area contributed by atoms with Crippen molar-refractivity contribution in [1.29, 1.82) is 0 Å². The van der Waals surface area contributed by atoms with Crippen LogP contribution in [0.4, 0.5) is 0 Å². The fraction of sp³-hybridized carbons (Fsp3) is 0.556. The van der Waals surface area contributed by atoms with E-state index in [4.69, 9.17) is 11.6 Å². The number of hydrogen-bond acceptors (Lipinski definition) is 2. The molecule has 1 aromatic rings. The van der Waals surface area contributed by atoms with Crippen LogP contribution in [-0.2, 0) is 6.54 Å². The van der Waals surface area contributed by atoms with Gasteiger partial charge in [0.15, 0.2) is 0 Å². The molecule has 0 saturated carbocycles. The van der Waals surface area contributed by atoms with E-state index in [1.165, 1.54) is 0 Å². The molecule has 0 aromatic carbocycles. The summed E-state index contributed by atoms with van der Waals surface area (Å²) < 4.78 is 1.81. The molecule has 0 spiro atoms. The third kappa shape index (κ3) is 3.08. The molecule has 0 fully saturated rings. The molecule has 0 radical (unpaired) electrons. The van der Waals surface area contributed by atoms with Gasteiger partial charge >= 0.3 is 0 Å². The molecular formula is C9H12ClN3. The van der Waals surface area contributed by atoms with E-state index < -0.39 is 0 Å². The predicted octanol–water partition coefficient (Wildman–Crippen LogP) is 1.67. The predicted molar refractivity (Wildman–Crippen MR) is 52.5 cm³/mol. The fourth-order valence-corrected chi connectivity index (χ4v) is 1.03. The van der Waals surface area contributed by atoms with Crippen molar-refractivity contribution in [2.45, 2.75) is 26.3 Å². The van der Waals surface area contributed by atoms with Crippen LogP contribution < -0.4 is 0 Å². The molecule has 3 nitrogen and oxygen atoms in total. The van der Waals surface area contributed by atoms with Gasteiger partial charge in [0.25, 0.3) is 0 Å². The first-order valence-corrected chi connectivity index (χ1v) is 4.85. The summed E-state index contributed by atoms with van der Waals surface area (Å²) in [5.41, 5.74) is 0.868. The number of rotatable bonds is 3. The van der Waals surface area contributed by atoms with Gasteiger partial charge in [-0.25, -0.2) is 4.68 Å². The van der Waals surface area contributed by atoms with Crippen molar-refractivity contribution in [3.8, 4) is 11.8 Å². The zero-order valence-corrected chi connectivity index (χ0v) is 8.38. The van der Waals surface area contributed by atoms with Gasteiger partial charge in [0.1, 0.15) is 5.69 Å². The van der Waals surface area contributed by atoms with Crippen LogP contribution in [0, 0.1) is 11.8 Å². The molecule has 0 unspecified atom stereocenters. The van der Waals surface area contributed by atoms with Gasteiger partial charge in [-0.2, -0.15) is 0 Å². The Balaban J connectivity index is 2.66. The summed E-state index contributed by atoms with van der Waals surface area (Å²) in [5.74, 6) is 6.51. The normalized spacial score (nSPS) is 9.38. The van der Waals surface area contributed by atoms with Crippen molar-refractivity contribution in [3.05, 3.63) is 11.9 Å². The van der Waals surface area contributed by atoms with Gasteiger partial charge in [-0.05, 0) is 12.3 Å². The van der Waals surface area contributed by atoms with Crippen molar-refractivity contribution < 1.29 is 0 Å². The molecule has 1 rings (SSSR count). The highest BCUT2D eigenvalue weighted by molar-refractivity contribution is 6.18. The second kappa shape index (κ2) is 5.60. The van der Waals surface area contributed by atoms with Crippen molar-refractivity contribution in [2.24, 2.45) is 0 Å². The summed E-state index contributed by atoms with van der Waals surface area (Å²) >= 11 is 5.50. The molecule has 0 N–H and O–H groups in total. The number of aromatic nitrogens is 3. The van der Waals surface area contributed by atoms with Crippen molar-refractivity contribution in [3.63, 3.8) is 0 Å². The maximum absolute atomic E-state index is 5.50. The van der Waals surface area contributed by atoms with Crippen LogP contribution in [0.15, 0.2) is 6.20 Å². The highest BCUT2D eigenvalue weighted by atomic mass is 35.5. The van der Waals surface area contributed by atoms with E-state index in [0.717, 1.165) is 18.7 Å². The van der Waals surface area contributed by atoms with Crippen LogP contribution in [0.5, 0.6) is 0 Å². The molecule has 70 valence electrons. The minimum atomic E-state index is 0.572. The van der Waals surface area contributed by atoms with Crippen LogP contribution in [0.2, 0.25) is 0 Å². The summed E-state index contributed by atoms with van der Waals surface area (Å²) in [6.07, 6.45) is 3.42. The molecule has 0 saturated heterocycles. The lowest BCUT2D eigenvalue weighted by Gasteiger charge is -1.96. The highest BCUT2D eigenvalue weighted by Gasteiger charge is 1.97. The summed E-state index contributed by atoms with van der Waals surface area (Å²) in [6, 6.07) is 0. The Kier molecular flexibility index (Phi) is 4.34. The monoisotopic (exact) mass is 197 g/mol. The van der Waals surface area contributed by atoms with Gasteiger partial charge in [0, 0.05) is 18.8 Å². The number of alkyl halides is 1. The summed E-state index contributed by atoms with van der Waals surface area (Å²) in [4.78, 5) is 0. The van der Waals surface area contributed by atoms with Gasteiger partial charge in [0.2, 0.25) is 0 Å². The largest absolute Gasteiger partial charge is 0.237 e. The fourth-order valence-electron chi connectivity index (χ4n) is 0.932. The van der Waals surface area contributed by atoms with Crippen LogP contribution in [0.1, 0.15) is 25.5 Å². The van der Waals surface area contributed by atoms with Crippen LogP contribution >= 0.6 is 11.6 Å². The maximum atomic E-state index is 5.50. The summed E-state index contributed by atoms with van der Waals surface area (Å²) in [7, 11) is 0. The summed E-state index contributed by atoms with van der Waals surface area (Å²) in [6.45, 7) is 2.96. The molecule has 0 amide bonds. The van der Waals surface area contributed by atoms with Gasteiger partial charge in [-0.15, -0.1) is 16.7 Å². The van der Waals surface area contributed by atoms with Gasteiger partial charge in [-0.1, -0.05) is 18.1 Å². The lowest BCUT2D eigenvalue weighted by atomic mass is 10.4. The molecule has 0 aliphatic heterocycles. The van der Waals surface area contributed by atoms with Crippen LogP contribution in [-0.4, -0.2) is 20.9 Å². The highest BCUT2D eigenvalue weighted by Crippen LogP contribution is 1.95. The second-order valence-corrected chi connectivity index (χ2v) is 2.96. The standard InChI is InChI=1S/C9H12ClN3/c1-2-7-13-9(8-11-12-13)5-3-4-6-10/h8H,2,4,6-7H2,1H3. The third-order valence-corrected chi connectivity index (χ3v) is 1.68. The first kappa shape index (κ1) is 10.1. The van der Waals surface area contributed by atoms with Gasteiger partial charge in [-0.3, -0.25) is 0 Å². The lowest BCUT2D eigenvalue weighted by Crippen LogP contribution is -2.01. The van der Waals surface area contributed by atoms with Crippen molar-refractivity contribution >= 4 is 11.6 Å². The minimum absolute atomic E-state index is 0.572. The smallest absolute Gasteiger partial charge is 0.131 e. The van der Waals surface area contributed by atoms with E-state index in [1.807, 2.05) is 0 Å². The Bertz CT molecular complexity index is 308. The molecule has 0 atom stereocenters. The van der Waals surface area contributed by atoms with E-state index >= 15 is 0 Å². The minimum Gasteiger partial charge on any atom is -0.237 e. The van der Waals surface area contributed by atoms with Crippen molar-refractivity contribution in [2.75, 3.05) is 5.88 Å². The SMILES string of the molecule is CCCn1nncc1C#CCCCl. The molecule has 1 heterocycles. The Morgan fingerprint density at radius 1 is 1.62 bits per heavy atom. The molecular weight excluding hydrogens is 186 g/mol. The van der Waals surface area contributed by atoms with E-state index in [0.29, 0.717) is 12.3 Å². The zero-order valence-electron chi connectivity index (χ0n) is 7.63. The first-order valence-electron chi connectivity index (χ1n) is 4.31. The molecule has 0 bridgehead atoms.